The summed E-state index contributed by atoms with van der Waals surface area (Å²) in [6.07, 6.45) is 0. The van der Waals surface area contributed by atoms with Gasteiger partial charge in [-0.25, -0.2) is 15.0 Å². The SMILES string of the molecule is CC1(C)c2ccccc2-c2cc(-c3nc(-c4ccc(-c5cccc6c5sc5ccccc56)cc4)nc(-c4c5ccccc5cc5c4ccc4ccccc45)n3)ccc21. The van der Waals surface area contributed by atoms with Crippen LogP contribution >= 0.6 is 11.3 Å². The van der Waals surface area contributed by atoms with Crippen LogP contribution in [-0.4, -0.2) is 15.0 Å². The lowest BCUT2D eigenvalue weighted by Crippen LogP contribution is -2.14. The van der Waals surface area contributed by atoms with E-state index < -0.39 is 0 Å². The zero-order chi connectivity index (χ0) is 38.5. The van der Waals surface area contributed by atoms with Crippen molar-refractivity contribution < 1.29 is 0 Å². The van der Waals surface area contributed by atoms with Crippen molar-refractivity contribution in [2.45, 2.75) is 19.3 Å². The molecule has 12 rings (SSSR count). The fourth-order valence-corrected chi connectivity index (χ4v) is 10.7. The average Bonchev–Trinajstić information content (AvgIpc) is 3.77. The van der Waals surface area contributed by atoms with E-state index in [1.165, 1.54) is 69.7 Å². The van der Waals surface area contributed by atoms with Gasteiger partial charge in [-0.15, -0.1) is 11.3 Å². The van der Waals surface area contributed by atoms with Crippen molar-refractivity contribution in [1.29, 1.82) is 0 Å². The molecule has 0 bridgehead atoms. The summed E-state index contributed by atoms with van der Waals surface area (Å²) in [6.45, 7) is 4.63. The van der Waals surface area contributed by atoms with E-state index in [-0.39, 0.29) is 5.41 Å². The van der Waals surface area contributed by atoms with Crippen LogP contribution in [-0.2, 0) is 5.41 Å². The molecule has 0 atom stereocenters. The van der Waals surface area contributed by atoms with Crippen molar-refractivity contribution in [2.24, 2.45) is 0 Å². The molecule has 0 amide bonds. The van der Waals surface area contributed by atoms with Crippen LogP contribution in [0.5, 0.6) is 0 Å². The second-order valence-corrected chi connectivity index (χ2v) is 17.0. The van der Waals surface area contributed by atoms with Gasteiger partial charge in [0.2, 0.25) is 0 Å². The molecule has 272 valence electrons. The third kappa shape index (κ3) is 4.95. The van der Waals surface area contributed by atoms with Gasteiger partial charge in [-0.1, -0.05) is 172 Å². The van der Waals surface area contributed by atoms with E-state index in [1.807, 2.05) is 11.3 Å². The average molecular weight is 758 g/mol. The molecule has 3 nitrogen and oxygen atoms in total. The molecule has 0 saturated carbocycles. The maximum atomic E-state index is 5.40. The van der Waals surface area contributed by atoms with Gasteiger partial charge < -0.3 is 0 Å². The first-order valence-corrected chi connectivity index (χ1v) is 20.7. The molecule has 4 heteroatoms. The Kier molecular flexibility index (Phi) is 7.14. The third-order valence-electron chi connectivity index (χ3n) is 12.3. The summed E-state index contributed by atoms with van der Waals surface area (Å²) < 4.78 is 2.61. The minimum absolute atomic E-state index is 0.0908. The maximum Gasteiger partial charge on any atom is 0.165 e. The van der Waals surface area contributed by atoms with Gasteiger partial charge in [-0.3, -0.25) is 0 Å². The molecule has 11 aromatic rings. The smallest absolute Gasteiger partial charge is 0.165 e. The highest BCUT2D eigenvalue weighted by molar-refractivity contribution is 7.26. The van der Waals surface area contributed by atoms with Gasteiger partial charge in [0.25, 0.3) is 0 Å². The first kappa shape index (κ1) is 33.2. The fourth-order valence-electron chi connectivity index (χ4n) is 9.44. The molecule has 0 aliphatic heterocycles. The number of rotatable bonds is 4. The molecule has 1 aliphatic carbocycles. The number of hydrogen-bond donors (Lipinski definition) is 0. The number of aromatic nitrogens is 3. The van der Waals surface area contributed by atoms with Crippen LogP contribution in [0.15, 0.2) is 176 Å². The van der Waals surface area contributed by atoms with Crippen LogP contribution in [0.4, 0.5) is 0 Å². The van der Waals surface area contributed by atoms with E-state index in [0.717, 1.165) is 32.8 Å². The molecule has 0 N–H and O–H groups in total. The van der Waals surface area contributed by atoms with Crippen molar-refractivity contribution in [3.8, 4) is 56.4 Å². The monoisotopic (exact) mass is 757 g/mol. The summed E-state index contributed by atoms with van der Waals surface area (Å²) in [5.41, 5.74) is 10.4. The van der Waals surface area contributed by atoms with Gasteiger partial charge in [-0.05, 0) is 83.9 Å². The van der Waals surface area contributed by atoms with Gasteiger partial charge in [0, 0.05) is 42.3 Å². The number of fused-ring (bicyclic) bond motifs is 10. The van der Waals surface area contributed by atoms with Gasteiger partial charge in [0.05, 0.1) is 0 Å². The lowest BCUT2D eigenvalue weighted by Gasteiger charge is -2.21. The van der Waals surface area contributed by atoms with E-state index in [0.29, 0.717) is 17.5 Å². The topological polar surface area (TPSA) is 38.7 Å². The summed E-state index contributed by atoms with van der Waals surface area (Å²) in [6, 6.07) is 63.6. The molecule has 2 heterocycles. The number of nitrogens with zero attached hydrogens (tertiary/aromatic N) is 3. The molecule has 0 saturated heterocycles. The molecule has 2 aromatic heterocycles. The van der Waals surface area contributed by atoms with Crippen molar-refractivity contribution in [3.63, 3.8) is 0 Å². The van der Waals surface area contributed by atoms with Crippen LogP contribution in [0, 0.1) is 0 Å². The Morgan fingerprint density at radius 3 is 1.86 bits per heavy atom. The minimum atomic E-state index is -0.0908. The fraction of sp³-hybridized carbons (Fsp3) is 0.0556. The summed E-state index contributed by atoms with van der Waals surface area (Å²) in [5.74, 6) is 1.97. The van der Waals surface area contributed by atoms with Crippen molar-refractivity contribution in [3.05, 3.63) is 187 Å². The zero-order valence-electron chi connectivity index (χ0n) is 32.0. The van der Waals surface area contributed by atoms with Crippen molar-refractivity contribution in [1.82, 2.24) is 15.0 Å². The van der Waals surface area contributed by atoms with Gasteiger partial charge in [0.1, 0.15) is 0 Å². The number of benzene rings is 9. The second kappa shape index (κ2) is 12.5. The Morgan fingerprint density at radius 2 is 1.00 bits per heavy atom. The van der Waals surface area contributed by atoms with E-state index in [4.69, 9.17) is 15.0 Å². The molecule has 0 radical (unpaired) electrons. The summed E-state index contributed by atoms with van der Waals surface area (Å²) in [5, 5.41) is 9.60. The van der Waals surface area contributed by atoms with Crippen LogP contribution in [0.1, 0.15) is 25.0 Å². The highest BCUT2D eigenvalue weighted by Gasteiger charge is 2.35. The molecule has 0 fully saturated rings. The predicted molar refractivity (Wildman–Crippen MR) is 245 cm³/mol. The Hall–Kier alpha value is -7.01. The van der Waals surface area contributed by atoms with Gasteiger partial charge in [-0.2, -0.15) is 0 Å². The Morgan fingerprint density at radius 1 is 0.379 bits per heavy atom. The summed E-state index contributed by atoms with van der Waals surface area (Å²) in [4.78, 5) is 16.1. The molecule has 0 spiro atoms. The Bertz CT molecular complexity index is 3490. The summed E-state index contributed by atoms with van der Waals surface area (Å²) >= 11 is 1.86. The largest absolute Gasteiger partial charge is 0.208 e. The molecular formula is C54H35N3S. The second-order valence-electron chi connectivity index (χ2n) is 15.9. The van der Waals surface area contributed by atoms with Gasteiger partial charge in [0.15, 0.2) is 17.5 Å². The van der Waals surface area contributed by atoms with Crippen molar-refractivity contribution >= 4 is 63.8 Å². The maximum absolute atomic E-state index is 5.40. The first-order valence-electron chi connectivity index (χ1n) is 19.9. The van der Waals surface area contributed by atoms with Crippen molar-refractivity contribution in [2.75, 3.05) is 0 Å². The number of hydrogen-bond acceptors (Lipinski definition) is 4. The predicted octanol–water partition coefficient (Wildman–Crippen LogP) is 14.7. The molecule has 58 heavy (non-hydrogen) atoms. The van der Waals surface area contributed by atoms with Crippen LogP contribution in [0.25, 0.3) is 109 Å². The van der Waals surface area contributed by atoms with Crippen LogP contribution < -0.4 is 0 Å². The lowest BCUT2D eigenvalue weighted by atomic mass is 9.82. The minimum Gasteiger partial charge on any atom is -0.208 e. The summed E-state index contributed by atoms with van der Waals surface area (Å²) in [7, 11) is 0. The molecule has 0 unspecified atom stereocenters. The Labute approximate surface area is 340 Å². The normalized spacial score (nSPS) is 13.1. The quantitative estimate of drug-likeness (QED) is 0.133. The molecule has 1 aliphatic rings. The van der Waals surface area contributed by atoms with E-state index >= 15 is 0 Å². The number of thiophene rings is 1. The molecular weight excluding hydrogens is 723 g/mol. The van der Waals surface area contributed by atoms with E-state index in [2.05, 4.69) is 190 Å². The van der Waals surface area contributed by atoms with Gasteiger partial charge >= 0.3 is 0 Å². The molecule has 9 aromatic carbocycles. The third-order valence-corrected chi connectivity index (χ3v) is 13.5. The highest BCUT2D eigenvalue weighted by atomic mass is 32.1. The highest BCUT2D eigenvalue weighted by Crippen LogP contribution is 2.50. The lowest BCUT2D eigenvalue weighted by molar-refractivity contribution is 0.660. The van der Waals surface area contributed by atoms with E-state index in [9.17, 15) is 0 Å². The Balaban J connectivity index is 1.08. The van der Waals surface area contributed by atoms with E-state index in [1.54, 1.807) is 0 Å². The van der Waals surface area contributed by atoms with Crippen LogP contribution in [0.2, 0.25) is 0 Å². The van der Waals surface area contributed by atoms with Crippen LogP contribution in [0.3, 0.4) is 0 Å². The zero-order valence-corrected chi connectivity index (χ0v) is 32.8. The standard InChI is InChI=1S/C54H35N3S/c1-54(2)46-20-9-7-16-40(46)45-31-36(27-29-47(45)54)52-55-51(34-24-22-33(23-25-34)39-18-11-19-43-41-17-8-10-21-48(41)58-50(39)43)56-53(57-52)49-38-15-6-4-13-35(38)30-44-37-14-5-3-12-32(37)26-28-42(44)49/h3-31H,1-2H3. The first-order chi connectivity index (χ1) is 28.5.